The Hall–Kier alpha value is -2.22. The maximum absolute atomic E-state index is 13.4. The van der Waals surface area contributed by atoms with Crippen LogP contribution in [0.25, 0.3) is 0 Å². The molecule has 6 nitrogen and oxygen atoms in total. The third kappa shape index (κ3) is 3.26. The molecule has 0 bridgehead atoms. The van der Waals surface area contributed by atoms with Crippen LogP contribution in [-0.2, 0) is 4.79 Å². The van der Waals surface area contributed by atoms with Crippen molar-refractivity contribution < 1.29 is 9.59 Å². The molecule has 7 heteroatoms. The zero-order chi connectivity index (χ0) is 19.1. The summed E-state index contributed by atoms with van der Waals surface area (Å²) in [5, 5.41) is 2.98. The highest BCUT2D eigenvalue weighted by molar-refractivity contribution is 7.13. The molecule has 0 aliphatic carbocycles. The molecule has 0 spiro atoms. The SMILES string of the molecule is Cc1sc(C)c2c1C(=O)Nc1ccccc1N2C(=O)CN1CCN(C)CC1. The lowest BCUT2D eigenvalue weighted by molar-refractivity contribution is -0.119. The Labute approximate surface area is 163 Å². The maximum Gasteiger partial charge on any atom is 0.258 e. The molecular formula is C20H24N4O2S. The van der Waals surface area contributed by atoms with E-state index in [0.29, 0.717) is 17.8 Å². The fourth-order valence-corrected chi connectivity index (χ4v) is 4.86. The van der Waals surface area contributed by atoms with Gasteiger partial charge in [-0.15, -0.1) is 11.3 Å². The largest absolute Gasteiger partial charge is 0.320 e. The van der Waals surface area contributed by atoms with Crippen LogP contribution in [0.15, 0.2) is 24.3 Å². The van der Waals surface area contributed by atoms with Crippen molar-refractivity contribution in [2.24, 2.45) is 0 Å². The first-order valence-electron chi connectivity index (χ1n) is 9.20. The number of fused-ring (bicyclic) bond motifs is 2. The van der Waals surface area contributed by atoms with Crippen molar-refractivity contribution in [2.45, 2.75) is 13.8 Å². The number of nitrogens with zero attached hydrogens (tertiary/aromatic N) is 3. The summed E-state index contributed by atoms with van der Waals surface area (Å²) in [4.78, 5) is 34.4. The molecule has 1 N–H and O–H groups in total. The number of anilines is 3. The fourth-order valence-electron chi connectivity index (χ4n) is 3.82. The number of aryl methyl sites for hydroxylation is 2. The summed E-state index contributed by atoms with van der Waals surface area (Å²) in [7, 11) is 2.10. The highest BCUT2D eigenvalue weighted by Gasteiger charge is 2.34. The number of rotatable bonds is 2. The number of piperazine rings is 1. The van der Waals surface area contributed by atoms with E-state index in [-0.39, 0.29) is 11.8 Å². The van der Waals surface area contributed by atoms with Gasteiger partial charge in [-0.3, -0.25) is 19.4 Å². The number of thiophene rings is 1. The van der Waals surface area contributed by atoms with Gasteiger partial charge in [0.2, 0.25) is 5.91 Å². The fraction of sp³-hybridized carbons (Fsp3) is 0.400. The molecule has 1 fully saturated rings. The quantitative estimate of drug-likeness (QED) is 0.865. The summed E-state index contributed by atoms with van der Waals surface area (Å²) < 4.78 is 0. The summed E-state index contributed by atoms with van der Waals surface area (Å²) >= 11 is 1.57. The number of carbonyl (C=O) groups excluding carboxylic acids is 2. The van der Waals surface area contributed by atoms with Crippen LogP contribution in [0, 0.1) is 13.8 Å². The molecule has 142 valence electrons. The van der Waals surface area contributed by atoms with E-state index in [4.69, 9.17) is 0 Å². The summed E-state index contributed by atoms with van der Waals surface area (Å²) in [5.74, 6) is -0.139. The zero-order valence-corrected chi connectivity index (χ0v) is 16.7. The van der Waals surface area contributed by atoms with Gasteiger partial charge in [-0.2, -0.15) is 0 Å². The highest BCUT2D eigenvalue weighted by atomic mass is 32.1. The lowest BCUT2D eigenvalue weighted by atomic mass is 10.1. The van der Waals surface area contributed by atoms with Gasteiger partial charge >= 0.3 is 0 Å². The van der Waals surface area contributed by atoms with Gasteiger partial charge < -0.3 is 10.2 Å². The van der Waals surface area contributed by atoms with Crippen molar-refractivity contribution in [3.05, 3.63) is 39.6 Å². The second kappa shape index (κ2) is 7.07. The second-order valence-corrected chi connectivity index (χ2v) is 8.65. The van der Waals surface area contributed by atoms with Gasteiger partial charge in [0, 0.05) is 35.9 Å². The molecule has 2 aliphatic rings. The molecule has 0 unspecified atom stereocenters. The van der Waals surface area contributed by atoms with Crippen molar-refractivity contribution in [1.82, 2.24) is 9.80 Å². The summed E-state index contributed by atoms with van der Waals surface area (Å²) in [6.07, 6.45) is 0. The average Bonchev–Trinajstić information content (AvgIpc) is 2.84. The number of nitrogens with one attached hydrogen (secondary N) is 1. The zero-order valence-electron chi connectivity index (χ0n) is 15.9. The van der Waals surface area contributed by atoms with Crippen LogP contribution in [-0.4, -0.2) is 61.4 Å². The van der Waals surface area contributed by atoms with Crippen LogP contribution >= 0.6 is 11.3 Å². The van der Waals surface area contributed by atoms with Crippen molar-refractivity contribution in [3.8, 4) is 0 Å². The molecule has 27 heavy (non-hydrogen) atoms. The predicted octanol–water partition coefficient (Wildman–Crippen LogP) is 2.84. The first kappa shape index (κ1) is 18.2. The van der Waals surface area contributed by atoms with E-state index >= 15 is 0 Å². The van der Waals surface area contributed by atoms with Gasteiger partial charge in [0.25, 0.3) is 5.91 Å². The van der Waals surface area contributed by atoms with Crippen LogP contribution in [0.3, 0.4) is 0 Å². The maximum atomic E-state index is 13.4. The molecule has 1 saturated heterocycles. The first-order chi connectivity index (χ1) is 13.0. The Morgan fingerprint density at radius 1 is 1.11 bits per heavy atom. The molecule has 1 aromatic carbocycles. The van der Waals surface area contributed by atoms with Crippen LogP contribution in [0.1, 0.15) is 20.1 Å². The van der Waals surface area contributed by atoms with Crippen molar-refractivity contribution in [1.29, 1.82) is 0 Å². The summed E-state index contributed by atoms with van der Waals surface area (Å²) in [6, 6.07) is 7.53. The molecule has 0 saturated carbocycles. The molecule has 2 amide bonds. The van der Waals surface area contributed by atoms with E-state index < -0.39 is 0 Å². The van der Waals surface area contributed by atoms with Gasteiger partial charge in [0.1, 0.15) is 0 Å². The number of para-hydroxylation sites is 2. The van der Waals surface area contributed by atoms with Crippen LogP contribution in [0.4, 0.5) is 17.1 Å². The Bertz CT molecular complexity index is 899. The van der Waals surface area contributed by atoms with E-state index in [1.54, 1.807) is 16.2 Å². The molecule has 2 aromatic rings. The number of carbonyl (C=O) groups is 2. The highest BCUT2D eigenvalue weighted by Crippen LogP contribution is 2.44. The van der Waals surface area contributed by atoms with Crippen molar-refractivity contribution >= 4 is 40.2 Å². The normalized spacial score (nSPS) is 17.9. The van der Waals surface area contributed by atoms with E-state index in [1.807, 2.05) is 38.1 Å². The summed E-state index contributed by atoms with van der Waals surface area (Å²) in [5.41, 5.74) is 2.76. The van der Waals surface area contributed by atoms with Gasteiger partial charge in [-0.25, -0.2) is 0 Å². The van der Waals surface area contributed by atoms with Crippen LogP contribution in [0.5, 0.6) is 0 Å². The lowest BCUT2D eigenvalue weighted by Gasteiger charge is -2.33. The Morgan fingerprint density at radius 2 is 1.81 bits per heavy atom. The molecule has 1 aromatic heterocycles. The Kier molecular flexibility index (Phi) is 4.75. The van der Waals surface area contributed by atoms with Gasteiger partial charge in [0.05, 0.1) is 29.2 Å². The molecule has 3 heterocycles. The molecular weight excluding hydrogens is 360 g/mol. The minimum absolute atomic E-state index is 0.00523. The summed E-state index contributed by atoms with van der Waals surface area (Å²) in [6.45, 7) is 7.96. The molecule has 2 aliphatic heterocycles. The third-order valence-corrected chi connectivity index (χ3v) is 6.29. The number of likely N-dealkylation sites (N-methyl/N-ethyl adjacent to an activating group) is 1. The number of amides is 2. The van der Waals surface area contributed by atoms with Gasteiger partial charge in [-0.05, 0) is 33.0 Å². The van der Waals surface area contributed by atoms with Gasteiger partial charge in [-0.1, -0.05) is 12.1 Å². The average molecular weight is 385 g/mol. The topological polar surface area (TPSA) is 55.9 Å². The predicted molar refractivity (Wildman–Crippen MR) is 109 cm³/mol. The monoisotopic (exact) mass is 384 g/mol. The Balaban J connectivity index is 1.75. The van der Waals surface area contributed by atoms with Crippen LogP contribution in [0.2, 0.25) is 0 Å². The minimum atomic E-state index is -0.144. The van der Waals surface area contributed by atoms with Crippen molar-refractivity contribution in [3.63, 3.8) is 0 Å². The standard InChI is InChI=1S/C20H24N4O2S/c1-13-18-19(14(2)27-13)24(16-7-5-4-6-15(16)21-20(18)26)17(25)12-23-10-8-22(3)9-11-23/h4-7H,8-12H2,1-3H3,(H,21,26). The van der Waals surface area contributed by atoms with E-state index in [1.165, 1.54) is 0 Å². The molecule has 0 atom stereocenters. The smallest absolute Gasteiger partial charge is 0.258 e. The van der Waals surface area contributed by atoms with Crippen LogP contribution < -0.4 is 10.2 Å². The number of benzene rings is 1. The first-order valence-corrected chi connectivity index (χ1v) is 10.0. The molecule has 0 radical (unpaired) electrons. The van der Waals surface area contributed by atoms with Crippen molar-refractivity contribution in [2.75, 3.05) is 50.0 Å². The molecule has 4 rings (SSSR count). The minimum Gasteiger partial charge on any atom is -0.320 e. The van der Waals surface area contributed by atoms with E-state index in [2.05, 4.69) is 22.2 Å². The Morgan fingerprint density at radius 3 is 2.56 bits per heavy atom. The van der Waals surface area contributed by atoms with Gasteiger partial charge in [0.15, 0.2) is 0 Å². The lowest BCUT2D eigenvalue weighted by Crippen LogP contribution is -2.48. The third-order valence-electron chi connectivity index (χ3n) is 5.28. The van der Waals surface area contributed by atoms with E-state index in [9.17, 15) is 9.59 Å². The van der Waals surface area contributed by atoms with E-state index in [0.717, 1.165) is 47.3 Å². The number of hydrogen-bond acceptors (Lipinski definition) is 5. The number of hydrogen-bond donors (Lipinski definition) is 1. The second-order valence-electron chi connectivity index (χ2n) is 7.22.